The van der Waals surface area contributed by atoms with Crippen LogP contribution in [0.15, 0.2) is 36.4 Å². The molecule has 0 saturated carbocycles. The number of anilines is 1. The number of benzene rings is 2. The lowest BCUT2D eigenvalue weighted by molar-refractivity contribution is -0.383. The molecule has 3 rings (SSSR count). The number of ether oxygens (including phenoxy) is 2. The van der Waals surface area contributed by atoms with Crippen LogP contribution in [0.25, 0.3) is 0 Å². The Morgan fingerprint density at radius 2 is 1.88 bits per heavy atom. The smallest absolute Gasteiger partial charge is 0.292 e. The van der Waals surface area contributed by atoms with Crippen LogP contribution in [0, 0.1) is 17.0 Å². The first-order valence-corrected chi connectivity index (χ1v) is 8.12. The van der Waals surface area contributed by atoms with Gasteiger partial charge in [-0.3, -0.25) is 20.2 Å². The molecular formula is C17H15N3O5S. The molecule has 0 bridgehead atoms. The molecule has 0 spiro atoms. The molecular weight excluding hydrogens is 358 g/mol. The number of nitro groups is 1. The molecule has 0 aromatic heterocycles. The number of carbonyl (C=O) groups excluding carboxylic acids is 1. The Hall–Kier alpha value is -3.20. The number of nitrogens with zero attached hydrogens (tertiary/aromatic N) is 1. The molecule has 1 heterocycles. The average Bonchev–Trinajstić information content (AvgIpc) is 2.62. The van der Waals surface area contributed by atoms with Crippen molar-refractivity contribution >= 4 is 34.6 Å². The largest absolute Gasteiger partial charge is 0.486 e. The Morgan fingerprint density at radius 1 is 1.15 bits per heavy atom. The van der Waals surface area contributed by atoms with Crippen molar-refractivity contribution in [1.29, 1.82) is 0 Å². The standard InChI is InChI=1S/C17H15N3O5S/c1-10-2-4-12(13(8-10)20(22)23)18-17(26)19-16(21)11-3-5-14-15(9-11)25-7-6-24-14/h2-5,8-9H,6-7H2,1H3,(H2,18,19,21,26). The molecule has 134 valence electrons. The maximum Gasteiger partial charge on any atom is 0.292 e. The highest BCUT2D eigenvalue weighted by Gasteiger charge is 2.18. The van der Waals surface area contributed by atoms with E-state index in [1.807, 2.05) is 0 Å². The number of rotatable bonds is 3. The molecule has 0 saturated heterocycles. The van der Waals surface area contributed by atoms with Gasteiger partial charge in [-0.05, 0) is 49.0 Å². The number of hydrogen-bond donors (Lipinski definition) is 2. The Bertz CT molecular complexity index is 900. The van der Waals surface area contributed by atoms with Gasteiger partial charge in [0.2, 0.25) is 0 Å². The van der Waals surface area contributed by atoms with Gasteiger partial charge in [0.25, 0.3) is 11.6 Å². The van der Waals surface area contributed by atoms with Crippen LogP contribution in [-0.4, -0.2) is 29.2 Å². The monoisotopic (exact) mass is 373 g/mol. The second-order valence-corrected chi connectivity index (χ2v) is 5.95. The first kappa shape index (κ1) is 17.6. The molecule has 0 atom stereocenters. The van der Waals surface area contributed by atoms with Gasteiger partial charge in [0.05, 0.1) is 4.92 Å². The van der Waals surface area contributed by atoms with Crippen molar-refractivity contribution in [2.45, 2.75) is 6.92 Å². The van der Waals surface area contributed by atoms with E-state index in [1.54, 1.807) is 31.2 Å². The van der Waals surface area contributed by atoms with Crippen LogP contribution >= 0.6 is 12.2 Å². The van der Waals surface area contributed by atoms with Crippen LogP contribution in [0.3, 0.4) is 0 Å². The number of nitrogens with one attached hydrogen (secondary N) is 2. The van der Waals surface area contributed by atoms with Crippen molar-refractivity contribution in [3.63, 3.8) is 0 Å². The van der Waals surface area contributed by atoms with E-state index < -0.39 is 10.8 Å². The fourth-order valence-corrected chi connectivity index (χ4v) is 2.61. The van der Waals surface area contributed by atoms with E-state index in [-0.39, 0.29) is 16.5 Å². The lowest BCUT2D eigenvalue weighted by Crippen LogP contribution is -2.34. The van der Waals surface area contributed by atoms with Gasteiger partial charge in [0.15, 0.2) is 16.6 Å². The number of carbonyl (C=O) groups is 1. The normalized spacial score (nSPS) is 12.2. The van der Waals surface area contributed by atoms with Crippen molar-refractivity contribution in [2.24, 2.45) is 0 Å². The minimum absolute atomic E-state index is 0.0446. The lowest BCUT2D eigenvalue weighted by atomic mass is 10.2. The number of hydrogen-bond acceptors (Lipinski definition) is 6. The zero-order valence-corrected chi connectivity index (χ0v) is 14.6. The number of amides is 1. The van der Waals surface area contributed by atoms with E-state index in [1.165, 1.54) is 12.1 Å². The molecule has 0 radical (unpaired) electrons. The van der Waals surface area contributed by atoms with Crippen molar-refractivity contribution in [3.05, 3.63) is 57.6 Å². The minimum Gasteiger partial charge on any atom is -0.486 e. The number of aryl methyl sites for hydroxylation is 1. The average molecular weight is 373 g/mol. The van der Waals surface area contributed by atoms with Crippen molar-refractivity contribution in [1.82, 2.24) is 5.32 Å². The van der Waals surface area contributed by atoms with Gasteiger partial charge in [-0.1, -0.05) is 6.07 Å². The summed E-state index contributed by atoms with van der Waals surface area (Å²) >= 11 is 5.09. The molecule has 2 aromatic carbocycles. The van der Waals surface area contributed by atoms with Gasteiger partial charge in [-0.15, -0.1) is 0 Å². The predicted octanol–water partition coefficient (Wildman–Crippen LogP) is 2.80. The topological polar surface area (TPSA) is 103 Å². The fourth-order valence-electron chi connectivity index (χ4n) is 2.41. The molecule has 0 unspecified atom stereocenters. The summed E-state index contributed by atoms with van der Waals surface area (Å²) in [7, 11) is 0. The quantitative estimate of drug-likeness (QED) is 0.484. The second-order valence-electron chi connectivity index (χ2n) is 5.54. The van der Waals surface area contributed by atoms with Gasteiger partial charge in [0, 0.05) is 11.6 Å². The maximum absolute atomic E-state index is 12.3. The Labute approximate surface area is 154 Å². The van der Waals surface area contributed by atoms with Crippen molar-refractivity contribution in [2.75, 3.05) is 18.5 Å². The predicted molar refractivity (Wildman–Crippen MR) is 99.0 cm³/mol. The van der Waals surface area contributed by atoms with Crippen LogP contribution < -0.4 is 20.1 Å². The summed E-state index contributed by atoms with van der Waals surface area (Å²) in [5.74, 6) is 0.593. The van der Waals surface area contributed by atoms with E-state index in [9.17, 15) is 14.9 Å². The minimum atomic E-state index is -0.513. The highest BCUT2D eigenvalue weighted by Crippen LogP contribution is 2.30. The molecule has 1 aliphatic heterocycles. The third-order valence-corrected chi connectivity index (χ3v) is 3.83. The number of nitro benzene ring substituents is 1. The third kappa shape index (κ3) is 3.89. The van der Waals surface area contributed by atoms with Crippen molar-refractivity contribution < 1.29 is 19.2 Å². The zero-order chi connectivity index (χ0) is 18.7. The van der Waals surface area contributed by atoms with E-state index in [2.05, 4.69) is 10.6 Å². The number of thiocarbonyl (C=S) groups is 1. The molecule has 2 aromatic rings. The highest BCUT2D eigenvalue weighted by atomic mass is 32.1. The third-order valence-electron chi connectivity index (χ3n) is 3.63. The summed E-state index contributed by atoms with van der Waals surface area (Å²) < 4.78 is 10.8. The van der Waals surface area contributed by atoms with E-state index in [4.69, 9.17) is 21.7 Å². The second kappa shape index (κ2) is 7.36. The zero-order valence-electron chi connectivity index (χ0n) is 13.8. The summed E-state index contributed by atoms with van der Waals surface area (Å²) in [6.45, 7) is 2.62. The molecule has 2 N–H and O–H groups in total. The maximum atomic E-state index is 12.3. The first-order valence-electron chi connectivity index (χ1n) is 7.71. The Morgan fingerprint density at radius 3 is 2.62 bits per heavy atom. The van der Waals surface area contributed by atoms with Crippen LogP contribution in [0.5, 0.6) is 11.5 Å². The van der Waals surface area contributed by atoms with Crippen molar-refractivity contribution in [3.8, 4) is 11.5 Å². The van der Waals surface area contributed by atoms with Gasteiger partial charge < -0.3 is 14.8 Å². The first-order chi connectivity index (χ1) is 12.4. The molecule has 9 heteroatoms. The molecule has 0 aliphatic carbocycles. The Balaban J connectivity index is 1.70. The van der Waals surface area contributed by atoms with E-state index in [0.717, 1.165) is 5.56 Å². The molecule has 26 heavy (non-hydrogen) atoms. The lowest BCUT2D eigenvalue weighted by Gasteiger charge is -2.18. The molecule has 1 amide bonds. The summed E-state index contributed by atoms with van der Waals surface area (Å²) in [6, 6.07) is 9.45. The number of fused-ring (bicyclic) bond motifs is 1. The fraction of sp³-hybridized carbons (Fsp3) is 0.176. The van der Waals surface area contributed by atoms with Gasteiger partial charge in [0.1, 0.15) is 18.9 Å². The summed E-state index contributed by atoms with van der Waals surface area (Å²) in [4.78, 5) is 23.0. The summed E-state index contributed by atoms with van der Waals surface area (Å²) in [5, 5.41) is 16.3. The SMILES string of the molecule is Cc1ccc(NC(=S)NC(=O)c2ccc3c(c2)OCCO3)c([N+](=O)[O-])c1. The van der Waals surface area contributed by atoms with Gasteiger partial charge in [-0.2, -0.15) is 0 Å². The van der Waals surface area contributed by atoms with Gasteiger partial charge in [-0.25, -0.2) is 0 Å². The van der Waals surface area contributed by atoms with Crippen LogP contribution in [0.4, 0.5) is 11.4 Å². The summed E-state index contributed by atoms with van der Waals surface area (Å²) in [6.07, 6.45) is 0. The summed E-state index contributed by atoms with van der Waals surface area (Å²) in [5.41, 5.74) is 1.15. The molecule has 0 fully saturated rings. The van der Waals surface area contributed by atoms with Crippen LogP contribution in [0.1, 0.15) is 15.9 Å². The van der Waals surface area contributed by atoms with E-state index >= 15 is 0 Å². The highest BCUT2D eigenvalue weighted by molar-refractivity contribution is 7.80. The Kier molecular flexibility index (Phi) is 4.99. The van der Waals surface area contributed by atoms with Gasteiger partial charge >= 0.3 is 0 Å². The van der Waals surface area contributed by atoms with Crippen LogP contribution in [-0.2, 0) is 0 Å². The molecule has 8 nitrogen and oxygen atoms in total. The molecule has 1 aliphatic rings. The van der Waals surface area contributed by atoms with E-state index in [0.29, 0.717) is 30.3 Å². The van der Waals surface area contributed by atoms with Crippen LogP contribution in [0.2, 0.25) is 0 Å².